The molecular weight excluding hydrogens is 461 g/mol. The molecule has 0 saturated carbocycles. The first kappa shape index (κ1) is 24.6. The van der Waals surface area contributed by atoms with Crippen molar-refractivity contribution in [1.29, 1.82) is 0 Å². The summed E-state index contributed by atoms with van der Waals surface area (Å²) in [6.07, 6.45) is -5.35. The number of amides is 1. The lowest BCUT2D eigenvalue weighted by atomic mass is 10.0. The molecule has 0 aliphatic carbocycles. The Labute approximate surface area is 200 Å². The summed E-state index contributed by atoms with van der Waals surface area (Å²) < 4.78 is 39.2. The number of hydrogen-bond acceptors (Lipinski definition) is 6. The van der Waals surface area contributed by atoms with Gasteiger partial charge in [0.05, 0.1) is 24.0 Å². The van der Waals surface area contributed by atoms with E-state index in [4.69, 9.17) is 5.73 Å². The molecule has 1 aromatic heterocycles. The molecule has 1 aliphatic heterocycles. The molecule has 3 aromatic rings. The van der Waals surface area contributed by atoms with Crippen molar-refractivity contribution in [3.8, 4) is 11.3 Å². The second-order valence-electron chi connectivity index (χ2n) is 8.38. The van der Waals surface area contributed by atoms with Gasteiger partial charge in [0.25, 0.3) is 5.91 Å². The number of anilines is 2. The van der Waals surface area contributed by atoms with Gasteiger partial charge in [-0.3, -0.25) is 9.69 Å². The molecule has 0 radical (unpaired) electrons. The van der Waals surface area contributed by atoms with Crippen molar-refractivity contribution in [1.82, 2.24) is 9.88 Å². The zero-order valence-electron chi connectivity index (χ0n) is 18.7. The molecule has 1 atom stereocenters. The fraction of sp³-hybridized carbons (Fsp3) is 0.280. The van der Waals surface area contributed by atoms with Crippen molar-refractivity contribution in [3.63, 3.8) is 0 Å². The lowest BCUT2D eigenvalue weighted by Crippen LogP contribution is -2.36. The van der Waals surface area contributed by atoms with E-state index in [2.05, 4.69) is 4.98 Å². The van der Waals surface area contributed by atoms with E-state index >= 15 is 0 Å². The molecule has 1 unspecified atom stereocenters. The average molecular weight is 486 g/mol. The minimum absolute atomic E-state index is 0.136. The maximum Gasteiger partial charge on any atom is 0.416 e. The van der Waals surface area contributed by atoms with Crippen LogP contribution in [-0.4, -0.2) is 58.3 Å². The number of benzene rings is 2. The smallest absolute Gasteiger partial charge is 0.394 e. The Balaban J connectivity index is 1.74. The molecule has 0 saturated heterocycles. The van der Waals surface area contributed by atoms with Crippen LogP contribution in [0.15, 0.2) is 60.7 Å². The number of nitrogens with zero attached hydrogens (tertiary/aromatic N) is 3. The van der Waals surface area contributed by atoms with Crippen molar-refractivity contribution in [2.24, 2.45) is 5.73 Å². The Kier molecular flexibility index (Phi) is 7.06. The Morgan fingerprint density at radius 1 is 1.09 bits per heavy atom. The van der Waals surface area contributed by atoms with Gasteiger partial charge in [-0.2, -0.15) is 13.2 Å². The maximum absolute atomic E-state index is 13.1. The first-order chi connectivity index (χ1) is 16.7. The molecule has 0 fully saturated rings. The van der Waals surface area contributed by atoms with Crippen molar-refractivity contribution in [3.05, 3.63) is 77.5 Å². The third-order valence-corrected chi connectivity index (χ3v) is 5.89. The molecule has 0 spiro atoms. The van der Waals surface area contributed by atoms with Gasteiger partial charge in [-0.25, -0.2) is 4.98 Å². The van der Waals surface area contributed by atoms with E-state index in [9.17, 15) is 28.2 Å². The number of aliphatic hydroxyl groups excluding tert-OH is 2. The molecule has 184 valence electrons. The number of pyridine rings is 1. The summed E-state index contributed by atoms with van der Waals surface area (Å²) in [6.45, 7) is 1.27. The minimum Gasteiger partial charge on any atom is -0.394 e. The van der Waals surface area contributed by atoms with E-state index in [-0.39, 0.29) is 18.8 Å². The van der Waals surface area contributed by atoms with Crippen LogP contribution in [0, 0.1) is 0 Å². The predicted octanol–water partition coefficient (Wildman–Crippen LogP) is 3.17. The largest absolute Gasteiger partial charge is 0.416 e. The number of carbonyl (C=O) groups excluding carboxylic acids is 1. The Morgan fingerprint density at radius 3 is 2.49 bits per heavy atom. The highest BCUT2D eigenvalue weighted by Gasteiger charge is 2.30. The first-order valence-electron chi connectivity index (χ1n) is 11.0. The van der Waals surface area contributed by atoms with Gasteiger partial charge in [-0.1, -0.05) is 12.1 Å². The number of rotatable bonds is 6. The van der Waals surface area contributed by atoms with Crippen molar-refractivity contribution in [2.75, 3.05) is 31.1 Å². The van der Waals surface area contributed by atoms with Crippen molar-refractivity contribution in [2.45, 2.75) is 18.8 Å². The van der Waals surface area contributed by atoms with Gasteiger partial charge in [0.15, 0.2) is 0 Å². The summed E-state index contributed by atoms with van der Waals surface area (Å²) >= 11 is 0. The van der Waals surface area contributed by atoms with E-state index in [1.165, 1.54) is 18.2 Å². The van der Waals surface area contributed by atoms with Crippen LogP contribution in [0.5, 0.6) is 0 Å². The van der Waals surface area contributed by atoms with Crippen LogP contribution in [-0.2, 0) is 12.7 Å². The number of hydrogen-bond donors (Lipinski definition) is 3. The molecule has 4 N–H and O–H groups in total. The van der Waals surface area contributed by atoms with E-state index in [1.54, 1.807) is 12.1 Å². The third kappa shape index (κ3) is 5.61. The second-order valence-corrected chi connectivity index (χ2v) is 8.38. The molecule has 10 heteroatoms. The molecule has 1 aliphatic rings. The number of aromatic nitrogens is 1. The maximum atomic E-state index is 13.1. The summed E-state index contributed by atoms with van der Waals surface area (Å²) in [7, 11) is 0. The first-order valence-corrected chi connectivity index (χ1v) is 11.0. The van der Waals surface area contributed by atoms with E-state index in [0.717, 1.165) is 28.9 Å². The molecule has 2 heterocycles. The molecule has 4 rings (SSSR count). The quantitative estimate of drug-likeness (QED) is 0.495. The SMILES string of the molecule is NC(=O)c1cccc(-c2ccc3c(c2)CN(CC(O)CO)CCN3c2ccc(C(F)(F)F)cc2)n1. The highest BCUT2D eigenvalue weighted by molar-refractivity contribution is 5.91. The number of fused-ring (bicyclic) bond motifs is 1. The molecule has 7 nitrogen and oxygen atoms in total. The summed E-state index contributed by atoms with van der Waals surface area (Å²) in [5, 5.41) is 19.3. The molecular formula is C25H25F3N4O3. The van der Waals surface area contributed by atoms with Crippen LogP contribution in [0.1, 0.15) is 21.6 Å². The van der Waals surface area contributed by atoms with E-state index < -0.39 is 23.8 Å². The topological polar surface area (TPSA) is 103 Å². The van der Waals surface area contributed by atoms with Gasteiger partial charge in [0, 0.05) is 43.1 Å². The number of nitrogens with two attached hydrogens (primary N) is 1. The number of β-amino-alcohol motifs (C(OH)–C–C–N with tert-alkyl or cyclic N) is 1. The summed E-state index contributed by atoms with van der Waals surface area (Å²) in [6, 6.07) is 15.6. The molecule has 35 heavy (non-hydrogen) atoms. The fourth-order valence-corrected chi connectivity index (χ4v) is 4.16. The van der Waals surface area contributed by atoms with Gasteiger partial charge in [0.2, 0.25) is 0 Å². The number of alkyl halides is 3. The molecule has 1 amide bonds. The zero-order chi connectivity index (χ0) is 25.2. The van der Waals surface area contributed by atoms with Gasteiger partial charge in [0.1, 0.15) is 5.69 Å². The Morgan fingerprint density at radius 2 is 1.83 bits per heavy atom. The van der Waals surface area contributed by atoms with Crippen molar-refractivity contribution < 1.29 is 28.2 Å². The number of halogens is 3. The Bertz CT molecular complexity index is 1200. The summed E-state index contributed by atoms with van der Waals surface area (Å²) in [4.78, 5) is 19.8. The number of carbonyl (C=O) groups is 1. The predicted molar refractivity (Wildman–Crippen MR) is 125 cm³/mol. The lowest BCUT2D eigenvalue weighted by molar-refractivity contribution is -0.137. The third-order valence-electron chi connectivity index (χ3n) is 5.89. The monoisotopic (exact) mass is 486 g/mol. The molecule has 2 aromatic carbocycles. The van der Waals surface area contributed by atoms with Gasteiger partial charge >= 0.3 is 6.18 Å². The fourth-order valence-electron chi connectivity index (χ4n) is 4.16. The lowest BCUT2D eigenvalue weighted by Gasteiger charge is -2.26. The van der Waals surface area contributed by atoms with Crippen LogP contribution >= 0.6 is 0 Å². The van der Waals surface area contributed by atoms with Gasteiger partial charge in [-0.05, 0) is 54.1 Å². The average Bonchev–Trinajstić information content (AvgIpc) is 3.02. The zero-order valence-corrected chi connectivity index (χ0v) is 18.7. The van der Waals surface area contributed by atoms with E-state index in [1.807, 2.05) is 28.0 Å². The Hall–Kier alpha value is -3.47. The van der Waals surface area contributed by atoms with Gasteiger partial charge < -0.3 is 20.8 Å². The second kappa shape index (κ2) is 10.0. The van der Waals surface area contributed by atoms with E-state index in [0.29, 0.717) is 31.0 Å². The standard InChI is InChI=1S/C25H25F3N4O3/c26-25(27,28)18-5-7-19(8-6-18)32-11-10-31(14-20(34)15-33)13-17-12-16(4-9-23(17)32)21-2-1-3-22(30-21)24(29)35/h1-9,12,20,33-34H,10-11,13-15H2,(H2,29,35). The van der Waals surface area contributed by atoms with Crippen molar-refractivity contribution >= 4 is 17.3 Å². The van der Waals surface area contributed by atoms with Crippen LogP contribution < -0.4 is 10.6 Å². The van der Waals surface area contributed by atoms with Crippen LogP contribution in [0.4, 0.5) is 24.5 Å². The highest BCUT2D eigenvalue weighted by Crippen LogP contribution is 2.36. The van der Waals surface area contributed by atoms with Crippen LogP contribution in [0.2, 0.25) is 0 Å². The highest BCUT2D eigenvalue weighted by atomic mass is 19.4. The summed E-state index contributed by atoms with van der Waals surface area (Å²) in [5.74, 6) is -0.640. The minimum atomic E-state index is -4.42. The summed E-state index contributed by atoms with van der Waals surface area (Å²) in [5.41, 5.74) is 8.33. The van der Waals surface area contributed by atoms with Crippen LogP contribution in [0.25, 0.3) is 11.3 Å². The normalized spacial score (nSPS) is 15.4. The van der Waals surface area contributed by atoms with Crippen LogP contribution in [0.3, 0.4) is 0 Å². The number of primary amides is 1. The van der Waals surface area contributed by atoms with Gasteiger partial charge in [-0.15, -0.1) is 0 Å². The molecule has 0 bridgehead atoms. The number of aliphatic hydroxyl groups is 2.